The van der Waals surface area contributed by atoms with Crippen LogP contribution in [0.25, 0.3) is 0 Å². The van der Waals surface area contributed by atoms with Crippen molar-refractivity contribution in [3.05, 3.63) is 29.3 Å². The Kier molecular flexibility index (Phi) is 5.37. The number of hydrogen-bond donors (Lipinski definition) is 1. The smallest absolute Gasteiger partial charge is 0.307 e. The van der Waals surface area contributed by atoms with Gasteiger partial charge in [-0.3, -0.25) is 14.7 Å². The molecule has 0 aliphatic rings. The van der Waals surface area contributed by atoms with E-state index in [4.69, 9.17) is 0 Å². The highest BCUT2D eigenvalue weighted by Crippen LogP contribution is 2.20. The van der Waals surface area contributed by atoms with Crippen LogP contribution in [0.1, 0.15) is 28.2 Å². The van der Waals surface area contributed by atoms with Crippen molar-refractivity contribution in [2.45, 2.75) is 32.0 Å². The van der Waals surface area contributed by atoms with E-state index in [2.05, 4.69) is 19.9 Å². The Morgan fingerprint density at radius 3 is 2.82 bits per heavy atom. The average molecular weight is 322 g/mol. The summed E-state index contributed by atoms with van der Waals surface area (Å²) in [6, 6.07) is 1.86. The second-order valence-electron chi connectivity index (χ2n) is 4.77. The zero-order valence-electron chi connectivity index (χ0n) is 12.8. The summed E-state index contributed by atoms with van der Waals surface area (Å²) < 4.78 is 6.61. The number of ether oxygens (including phenoxy) is 1. The van der Waals surface area contributed by atoms with Gasteiger partial charge < -0.3 is 9.30 Å². The molecule has 0 aliphatic carbocycles. The number of esters is 1. The van der Waals surface area contributed by atoms with E-state index in [9.17, 15) is 9.59 Å². The molecule has 0 fully saturated rings. The molecular formula is C14H18N4O3S. The highest BCUT2D eigenvalue weighted by molar-refractivity contribution is 7.99. The number of ketones is 1. The van der Waals surface area contributed by atoms with Crippen LogP contribution in [-0.2, 0) is 16.1 Å². The highest BCUT2D eigenvalue weighted by atomic mass is 32.2. The molecule has 0 saturated heterocycles. The Bertz CT molecular complexity index is 664. The summed E-state index contributed by atoms with van der Waals surface area (Å²) in [5, 5.41) is 7.07. The van der Waals surface area contributed by atoms with Crippen molar-refractivity contribution in [2.24, 2.45) is 0 Å². The number of aromatic nitrogens is 4. The summed E-state index contributed by atoms with van der Waals surface area (Å²) in [6.07, 6.45) is 1.69. The SMILES string of the molecule is COC(=O)CCn1c(C)cc(C(=O)CSc2ncn[nH]2)c1C. The number of Topliss-reactive ketones (excluding diaryl/α,β-unsaturated/α-hetero) is 1. The molecular weight excluding hydrogens is 304 g/mol. The quantitative estimate of drug-likeness (QED) is 0.474. The van der Waals surface area contributed by atoms with Crippen LogP contribution in [0, 0.1) is 13.8 Å². The summed E-state index contributed by atoms with van der Waals surface area (Å²) in [5.74, 6) is 0.0521. The summed E-state index contributed by atoms with van der Waals surface area (Å²) in [5.41, 5.74) is 2.49. The van der Waals surface area contributed by atoms with Crippen molar-refractivity contribution >= 4 is 23.5 Å². The molecule has 0 unspecified atom stereocenters. The Labute approximate surface area is 132 Å². The summed E-state index contributed by atoms with van der Waals surface area (Å²) in [7, 11) is 1.37. The lowest BCUT2D eigenvalue weighted by molar-refractivity contribution is -0.140. The predicted octanol–water partition coefficient (Wildman–Crippen LogP) is 1.76. The minimum absolute atomic E-state index is 0.0267. The Balaban J connectivity index is 2.04. The van der Waals surface area contributed by atoms with E-state index in [-0.39, 0.29) is 23.9 Å². The molecule has 8 heteroatoms. The first kappa shape index (κ1) is 16.3. The maximum atomic E-state index is 12.3. The standard InChI is InChI=1S/C14H18N4O3S/c1-9-6-11(10(2)18(9)5-4-13(20)21-3)12(19)7-22-14-15-8-16-17-14/h6,8H,4-5,7H2,1-3H3,(H,15,16,17). The number of hydrogen-bond acceptors (Lipinski definition) is 6. The molecule has 0 amide bonds. The van der Waals surface area contributed by atoms with E-state index in [1.807, 2.05) is 24.5 Å². The third kappa shape index (κ3) is 3.76. The third-order valence-corrected chi connectivity index (χ3v) is 4.25. The second kappa shape index (κ2) is 7.26. The molecule has 2 aromatic heterocycles. The van der Waals surface area contributed by atoms with Gasteiger partial charge in [0.1, 0.15) is 6.33 Å². The maximum absolute atomic E-state index is 12.3. The molecule has 7 nitrogen and oxygen atoms in total. The molecule has 2 aromatic rings. The Morgan fingerprint density at radius 1 is 1.41 bits per heavy atom. The van der Waals surface area contributed by atoms with Crippen LogP contribution >= 0.6 is 11.8 Å². The Morgan fingerprint density at radius 2 is 2.18 bits per heavy atom. The minimum Gasteiger partial charge on any atom is -0.469 e. The van der Waals surface area contributed by atoms with E-state index >= 15 is 0 Å². The first-order valence-corrected chi connectivity index (χ1v) is 7.76. The largest absolute Gasteiger partial charge is 0.469 e. The normalized spacial score (nSPS) is 10.7. The van der Waals surface area contributed by atoms with E-state index in [1.165, 1.54) is 25.2 Å². The molecule has 1 N–H and O–H groups in total. The molecule has 0 saturated carbocycles. The molecule has 0 bridgehead atoms. The number of aromatic amines is 1. The van der Waals surface area contributed by atoms with Crippen LogP contribution in [0.15, 0.2) is 17.6 Å². The molecule has 0 aliphatic heterocycles. The lowest BCUT2D eigenvalue weighted by Gasteiger charge is -2.08. The van der Waals surface area contributed by atoms with Gasteiger partial charge in [0.15, 0.2) is 10.9 Å². The lowest BCUT2D eigenvalue weighted by Crippen LogP contribution is -2.10. The van der Waals surface area contributed by atoms with E-state index in [0.29, 0.717) is 17.3 Å². The van der Waals surface area contributed by atoms with E-state index in [1.54, 1.807) is 0 Å². The molecule has 2 rings (SSSR count). The van der Waals surface area contributed by atoms with Crippen LogP contribution < -0.4 is 0 Å². The topological polar surface area (TPSA) is 89.9 Å². The second-order valence-corrected chi connectivity index (χ2v) is 5.73. The average Bonchev–Trinajstić information content (AvgIpc) is 3.11. The first-order chi connectivity index (χ1) is 10.5. The van der Waals surface area contributed by atoms with Gasteiger partial charge in [-0.05, 0) is 19.9 Å². The minimum atomic E-state index is -0.263. The van der Waals surface area contributed by atoms with Crippen LogP contribution in [0.2, 0.25) is 0 Å². The van der Waals surface area contributed by atoms with Crippen LogP contribution in [0.5, 0.6) is 0 Å². The lowest BCUT2D eigenvalue weighted by atomic mass is 10.2. The number of carbonyl (C=O) groups is 2. The fourth-order valence-electron chi connectivity index (χ4n) is 2.21. The molecule has 2 heterocycles. The van der Waals surface area contributed by atoms with Crippen molar-refractivity contribution in [1.82, 2.24) is 19.7 Å². The highest BCUT2D eigenvalue weighted by Gasteiger charge is 2.17. The van der Waals surface area contributed by atoms with Gasteiger partial charge in [0.25, 0.3) is 0 Å². The van der Waals surface area contributed by atoms with Gasteiger partial charge in [0.05, 0.1) is 19.3 Å². The van der Waals surface area contributed by atoms with Gasteiger partial charge in [0.2, 0.25) is 0 Å². The summed E-state index contributed by atoms with van der Waals surface area (Å²) >= 11 is 1.31. The number of rotatable bonds is 7. The van der Waals surface area contributed by atoms with Crippen molar-refractivity contribution < 1.29 is 14.3 Å². The van der Waals surface area contributed by atoms with Crippen molar-refractivity contribution in [2.75, 3.05) is 12.9 Å². The van der Waals surface area contributed by atoms with Crippen LogP contribution in [0.4, 0.5) is 0 Å². The number of methoxy groups -OCH3 is 1. The van der Waals surface area contributed by atoms with E-state index < -0.39 is 0 Å². The number of aryl methyl sites for hydroxylation is 1. The molecule has 0 aromatic carbocycles. The van der Waals surface area contributed by atoms with Gasteiger partial charge in [-0.2, -0.15) is 5.10 Å². The summed E-state index contributed by atoms with van der Waals surface area (Å²) in [4.78, 5) is 27.6. The van der Waals surface area contributed by atoms with Crippen molar-refractivity contribution in [3.8, 4) is 0 Å². The molecule has 0 radical (unpaired) electrons. The monoisotopic (exact) mass is 322 g/mol. The molecule has 0 spiro atoms. The number of carbonyl (C=O) groups excluding carboxylic acids is 2. The number of nitrogens with zero attached hydrogens (tertiary/aromatic N) is 3. The first-order valence-electron chi connectivity index (χ1n) is 6.77. The van der Waals surface area contributed by atoms with Gasteiger partial charge >= 0.3 is 5.97 Å². The van der Waals surface area contributed by atoms with Crippen LogP contribution in [0.3, 0.4) is 0 Å². The number of thioether (sulfide) groups is 1. The summed E-state index contributed by atoms with van der Waals surface area (Å²) in [6.45, 7) is 4.31. The zero-order valence-corrected chi connectivity index (χ0v) is 13.6. The third-order valence-electron chi connectivity index (χ3n) is 3.37. The van der Waals surface area contributed by atoms with Gasteiger partial charge in [-0.1, -0.05) is 11.8 Å². The molecule has 118 valence electrons. The fourth-order valence-corrected chi connectivity index (χ4v) is 2.87. The zero-order chi connectivity index (χ0) is 16.1. The Hall–Kier alpha value is -2.09. The number of nitrogens with one attached hydrogen (secondary N) is 1. The van der Waals surface area contributed by atoms with Gasteiger partial charge in [-0.25, -0.2) is 4.98 Å². The molecule has 22 heavy (non-hydrogen) atoms. The van der Waals surface area contributed by atoms with Crippen molar-refractivity contribution in [3.63, 3.8) is 0 Å². The fraction of sp³-hybridized carbons (Fsp3) is 0.429. The van der Waals surface area contributed by atoms with E-state index in [0.717, 1.165) is 11.4 Å². The van der Waals surface area contributed by atoms with Gasteiger partial charge in [0, 0.05) is 23.5 Å². The van der Waals surface area contributed by atoms with Crippen molar-refractivity contribution in [1.29, 1.82) is 0 Å². The van der Waals surface area contributed by atoms with Gasteiger partial charge in [-0.15, -0.1) is 0 Å². The van der Waals surface area contributed by atoms with Crippen LogP contribution in [-0.4, -0.2) is 44.4 Å². The molecule has 0 atom stereocenters. The number of H-pyrrole nitrogens is 1. The predicted molar refractivity (Wildman–Crippen MR) is 82.0 cm³/mol. The maximum Gasteiger partial charge on any atom is 0.307 e.